The summed E-state index contributed by atoms with van der Waals surface area (Å²) in [4.78, 5) is 18.6. The number of nitrogens with zero attached hydrogens (tertiary/aromatic N) is 3. The SMILES string of the molecule is C[C@@H]1[CH][CH][CH][CH][C]1[Si]12OCCN(CCO1)CCO2.N#CC[C-]=O.[C-]#[O+].[Mn+3].[N-]=O. The zero-order chi connectivity index (χ0) is 20.5. The Morgan fingerprint density at radius 2 is 1.75 bits per heavy atom. The quantitative estimate of drug-likeness (QED) is 0.353. The van der Waals surface area contributed by atoms with Crippen LogP contribution >= 0.6 is 0 Å². The van der Waals surface area contributed by atoms with E-state index in [9.17, 15) is 0 Å². The minimum atomic E-state index is -2.64. The van der Waals surface area contributed by atoms with Crippen molar-refractivity contribution in [2.75, 3.05) is 39.5 Å². The molecule has 5 radical (unpaired) electrons. The Kier molecular flexibility index (Phi) is 19.0. The number of rotatable bonds is 2. The first-order valence-electron chi connectivity index (χ1n) is 8.19. The molecule has 3 saturated heterocycles. The summed E-state index contributed by atoms with van der Waals surface area (Å²) in [6, 6.07) is 1.59. The van der Waals surface area contributed by atoms with Gasteiger partial charge < -0.3 is 28.6 Å². The van der Waals surface area contributed by atoms with E-state index in [0.29, 0.717) is 25.7 Å². The molecular weight excluding hydrogens is 425 g/mol. The Morgan fingerprint density at radius 3 is 2.11 bits per heavy atom. The third-order valence-corrected chi connectivity index (χ3v) is 6.96. The van der Waals surface area contributed by atoms with Crippen molar-refractivity contribution in [1.29, 1.82) is 5.26 Å². The first-order valence-corrected chi connectivity index (χ1v) is 9.91. The summed E-state index contributed by atoms with van der Waals surface area (Å²) in [7, 11) is -2.64. The fourth-order valence-electron chi connectivity index (χ4n) is 2.70. The molecule has 0 spiro atoms. The van der Waals surface area contributed by atoms with Crippen molar-refractivity contribution in [3.05, 3.63) is 48.4 Å². The minimum Gasteiger partial charge on any atom is -0.577 e. The zero-order valence-electron chi connectivity index (χ0n) is 15.5. The molecule has 2 bridgehead atoms. The molecule has 151 valence electrons. The van der Waals surface area contributed by atoms with E-state index in [4.69, 9.17) is 38.5 Å². The second kappa shape index (κ2) is 18.1. The Hall–Kier alpha value is -0.924. The van der Waals surface area contributed by atoms with Crippen LogP contribution in [0.2, 0.25) is 0 Å². The van der Waals surface area contributed by atoms with Gasteiger partial charge in [0.05, 0.1) is 25.4 Å². The van der Waals surface area contributed by atoms with E-state index in [1.807, 2.05) is 0 Å². The molecule has 0 aromatic rings. The van der Waals surface area contributed by atoms with Gasteiger partial charge in [-0.25, -0.2) is 5.26 Å². The maximum Gasteiger partial charge on any atom is 3.00 e. The fraction of sp³-hybridized carbons (Fsp3) is 0.529. The molecule has 0 aromatic heterocycles. The number of nitroso groups, excluding NO2 is 1. The van der Waals surface area contributed by atoms with Crippen LogP contribution < -0.4 is 0 Å². The first-order chi connectivity index (χ1) is 13.2. The van der Waals surface area contributed by atoms with Crippen LogP contribution in [0.15, 0.2) is 0 Å². The van der Waals surface area contributed by atoms with Crippen molar-refractivity contribution >= 4 is 15.1 Å². The van der Waals surface area contributed by atoms with Gasteiger partial charge in [0.2, 0.25) is 0 Å². The van der Waals surface area contributed by atoms with Gasteiger partial charge in [-0.2, -0.15) is 0 Å². The standard InChI is InChI=1S/C13H20NO3Si.C3H2NO.CO.Mn.NO/c1-12-4-2-3-5-13(12)18-15-9-6-14(7-10-16-18)8-11-17-18;4-2-1-3-5;1-2;;1-2/h2-5,12H,6-11H2,1H3;1H2;;;/q;-1;;+3;-1/t12-;;;;/m1..../s1. The van der Waals surface area contributed by atoms with Gasteiger partial charge in [-0.3, -0.25) is 11.2 Å². The molecule has 4 aliphatic rings. The minimum absolute atomic E-state index is 0. The zero-order valence-corrected chi connectivity index (χ0v) is 17.7. The van der Waals surface area contributed by atoms with E-state index < -0.39 is 8.80 Å². The molecule has 0 N–H and O–H groups in total. The van der Waals surface area contributed by atoms with Crippen molar-refractivity contribution < 1.29 is 39.8 Å². The normalized spacial score (nSPS) is 28.9. The van der Waals surface area contributed by atoms with Gasteiger partial charge in [-0.1, -0.05) is 13.3 Å². The first kappa shape index (κ1) is 29.3. The summed E-state index contributed by atoms with van der Waals surface area (Å²) >= 11 is 0. The largest absolute Gasteiger partial charge is 3.00 e. The van der Waals surface area contributed by atoms with Crippen LogP contribution in [0, 0.1) is 60.0 Å². The molecule has 1 atom stereocenters. The second-order valence-corrected chi connectivity index (χ2v) is 7.97. The molecule has 0 unspecified atom stereocenters. The topological polar surface area (TPSA) is 131 Å². The Labute approximate surface area is 178 Å². The number of fused-ring (bicyclic) bond motifs is 6. The predicted molar refractivity (Wildman–Crippen MR) is 96.2 cm³/mol. The van der Waals surface area contributed by atoms with Gasteiger partial charge in [0.15, 0.2) is 0 Å². The molecule has 0 amide bonds. The van der Waals surface area contributed by atoms with Crippen LogP contribution in [-0.2, 0) is 39.8 Å². The van der Waals surface area contributed by atoms with Crippen LogP contribution in [0.1, 0.15) is 13.3 Å². The van der Waals surface area contributed by atoms with E-state index in [2.05, 4.69) is 44.2 Å². The van der Waals surface area contributed by atoms with Gasteiger partial charge in [0.1, 0.15) is 0 Å². The van der Waals surface area contributed by atoms with E-state index in [-0.39, 0.29) is 23.5 Å². The van der Waals surface area contributed by atoms with Crippen molar-refractivity contribution in [3.63, 3.8) is 0 Å². The molecule has 1 aliphatic carbocycles. The van der Waals surface area contributed by atoms with Crippen LogP contribution in [0.25, 0.3) is 5.59 Å². The van der Waals surface area contributed by atoms with Gasteiger partial charge in [0.25, 0.3) is 0 Å². The molecule has 28 heavy (non-hydrogen) atoms. The molecule has 4 rings (SSSR count). The van der Waals surface area contributed by atoms with E-state index in [0.717, 1.165) is 19.6 Å². The van der Waals surface area contributed by atoms with Crippen molar-refractivity contribution in [2.24, 2.45) is 5.92 Å². The number of hydrogen-bond donors (Lipinski definition) is 0. The average Bonchev–Trinajstić information content (AvgIpc) is 2.66. The third kappa shape index (κ3) is 9.52. The number of carbonyl (C=O) groups excluding carboxylic acids is 1. The summed E-state index contributed by atoms with van der Waals surface area (Å²) in [5.74, 6) is 0.344. The summed E-state index contributed by atoms with van der Waals surface area (Å²) in [5.41, 5.74) is 6.96. The second-order valence-electron chi connectivity index (χ2n) is 5.41. The van der Waals surface area contributed by atoms with Crippen molar-refractivity contribution in [1.82, 2.24) is 4.90 Å². The van der Waals surface area contributed by atoms with Gasteiger partial charge >= 0.3 is 37.2 Å². The third-order valence-electron chi connectivity index (χ3n) is 3.88. The predicted octanol–water partition coefficient (Wildman–Crippen LogP) is 1.18. The Morgan fingerprint density at radius 1 is 1.25 bits per heavy atom. The van der Waals surface area contributed by atoms with Gasteiger partial charge in [-0.05, 0) is 31.6 Å². The average molecular weight is 447 g/mol. The van der Waals surface area contributed by atoms with Crippen LogP contribution in [-0.4, -0.2) is 59.4 Å². The number of hydrogen-bond acceptors (Lipinski definition) is 7. The smallest absolute Gasteiger partial charge is 0.577 e. The van der Waals surface area contributed by atoms with E-state index >= 15 is 0 Å². The number of nitriles is 1. The molecule has 4 fully saturated rings. The van der Waals surface area contributed by atoms with E-state index in [1.54, 1.807) is 6.07 Å². The molecule has 1 saturated carbocycles. The molecule has 9 nitrogen and oxygen atoms in total. The maximum absolute atomic E-state index is 9.06. The molecule has 3 heterocycles. The van der Waals surface area contributed by atoms with Crippen LogP contribution in [0.3, 0.4) is 0 Å². The van der Waals surface area contributed by atoms with E-state index in [1.165, 1.54) is 11.8 Å². The molecular formula is C17H22MnN3O6Si+. The Bertz CT molecular complexity index is 453. The van der Waals surface area contributed by atoms with Crippen molar-refractivity contribution in [3.8, 4) is 6.07 Å². The molecule has 11 heteroatoms. The molecule has 0 aromatic carbocycles. The summed E-state index contributed by atoms with van der Waals surface area (Å²) in [6.45, 7) is 11.8. The van der Waals surface area contributed by atoms with Crippen LogP contribution in [0.5, 0.6) is 0 Å². The summed E-state index contributed by atoms with van der Waals surface area (Å²) < 4.78 is 25.7. The van der Waals surface area contributed by atoms with Crippen LogP contribution in [0.4, 0.5) is 0 Å². The fourth-order valence-corrected chi connectivity index (χ4v) is 5.48. The Balaban J connectivity index is 0. The van der Waals surface area contributed by atoms with Crippen molar-refractivity contribution in [2.45, 2.75) is 13.3 Å². The monoisotopic (exact) mass is 447 g/mol. The summed E-state index contributed by atoms with van der Waals surface area (Å²) in [6.07, 6.45) is 9.72. The molecule has 3 aliphatic heterocycles. The maximum atomic E-state index is 9.06. The summed E-state index contributed by atoms with van der Waals surface area (Å²) in [5, 5.41) is 7.55. The van der Waals surface area contributed by atoms with Gasteiger partial charge in [-0.15, -0.1) is 0 Å². The van der Waals surface area contributed by atoms with Gasteiger partial charge in [0, 0.05) is 25.7 Å².